The minimum absolute atomic E-state index is 0.0951. The minimum Gasteiger partial charge on any atom is -0.497 e. The number of amides is 2. The zero-order chi connectivity index (χ0) is 26.3. The summed E-state index contributed by atoms with van der Waals surface area (Å²) < 4.78 is 32.4. The third kappa shape index (κ3) is 7.70. The van der Waals surface area contributed by atoms with Crippen molar-refractivity contribution < 1.29 is 22.7 Å². The molecule has 1 N–H and O–H groups in total. The molecule has 0 aromatic heterocycles. The van der Waals surface area contributed by atoms with Crippen molar-refractivity contribution in [1.29, 1.82) is 0 Å². The Morgan fingerprint density at radius 1 is 1.11 bits per heavy atom. The number of ether oxygens (including phenoxy) is 1. The van der Waals surface area contributed by atoms with Crippen LogP contribution >= 0.6 is 15.9 Å². The van der Waals surface area contributed by atoms with Crippen LogP contribution < -0.4 is 14.4 Å². The second-order valence-electron chi connectivity index (χ2n) is 9.14. The van der Waals surface area contributed by atoms with Crippen LogP contribution in [0.25, 0.3) is 0 Å². The topological polar surface area (TPSA) is 96.0 Å². The summed E-state index contributed by atoms with van der Waals surface area (Å²) in [6.45, 7) is 1.39. The lowest BCUT2D eigenvalue weighted by atomic mass is 9.95. The molecule has 10 heteroatoms. The smallest absolute Gasteiger partial charge is 0.244 e. The molecule has 1 fully saturated rings. The number of carbonyl (C=O) groups is 2. The lowest BCUT2D eigenvalue weighted by Crippen LogP contribution is -2.52. The van der Waals surface area contributed by atoms with E-state index in [-0.39, 0.29) is 18.5 Å². The molecule has 0 unspecified atom stereocenters. The van der Waals surface area contributed by atoms with Crippen molar-refractivity contribution in [3.63, 3.8) is 0 Å². The van der Waals surface area contributed by atoms with E-state index in [4.69, 9.17) is 4.74 Å². The van der Waals surface area contributed by atoms with Crippen LogP contribution in [0.3, 0.4) is 0 Å². The highest BCUT2D eigenvalue weighted by molar-refractivity contribution is 9.10. The van der Waals surface area contributed by atoms with Crippen molar-refractivity contribution in [1.82, 2.24) is 10.2 Å². The van der Waals surface area contributed by atoms with Crippen LogP contribution in [0.4, 0.5) is 5.69 Å². The average molecular weight is 581 g/mol. The van der Waals surface area contributed by atoms with Gasteiger partial charge in [-0.1, -0.05) is 47.3 Å². The van der Waals surface area contributed by atoms with E-state index in [1.165, 1.54) is 11.3 Å². The lowest BCUT2D eigenvalue weighted by molar-refractivity contribution is -0.139. The second kappa shape index (κ2) is 12.6. The maximum atomic E-state index is 13.6. The van der Waals surface area contributed by atoms with Gasteiger partial charge in [0.05, 0.1) is 19.1 Å². The van der Waals surface area contributed by atoms with Gasteiger partial charge in [-0.3, -0.25) is 13.9 Å². The van der Waals surface area contributed by atoms with E-state index in [1.54, 1.807) is 50.4 Å². The predicted octanol–water partition coefficient (Wildman–Crippen LogP) is 4.09. The molecule has 2 aromatic rings. The van der Waals surface area contributed by atoms with Gasteiger partial charge in [0.2, 0.25) is 21.8 Å². The van der Waals surface area contributed by atoms with Crippen LogP contribution in [-0.2, 0) is 26.2 Å². The van der Waals surface area contributed by atoms with E-state index in [0.29, 0.717) is 11.4 Å². The molecular formula is C26H34BrN3O5S. The fraction of sp³-hybridized carbons (Fsp3) is 0.462. The van der Waals surface area contributed by atoms with Gasteiger partial charge < -0.3 is 15.0 Å². The number of methoxy groups -OCH3 is 1. The highest BCUT2D eigenvalue weighted by Crippen LogP contribution is 2.23. The molecule has 8 nitrogen and oxygen atoms in total. The van der Waals surface area contributed by atoms with Gasteiger partial charge in [-0.25, -0.2) is 8.42 Å². The SMILES string of the molecule is COc1cccc(CN(C(=O)CN(c2ccc(Br)cc2)S(C)(=O)=O)[C@@H](C)C(=O)NC2CCCCC2)c1. The fourth-order valence-corrected chi connectivity index (χ4v) is 5.45. The van der Waals surface area contributed by atoms with Gasteiger partial charge in [-0.15, -0.1) is 0 Å². The Kier molecular flexibility index (Phi) is 9.78. The van der Waals surface area contributed by atoms with Gasteiger partial charge in [-0.2, -0.15) is 0 Å². The predicted molar refractivity (Wildman–Crippen MR) is 144 cm³/mol. The van der Waals surface area contributed by atoms with Gasteiger partial charge in [0.25, 0.3) is 0 Å². The number of carbonyl (C=O) groups excluding carboxylic acids is 2. The van der Waals surface area contributed by atoms with Crippen LogP contribution in [0, 0.1) is 0 Å². The van der Waals surface area contributed by atoms with Crippen LogP contribution in [0.2, 0.25) is 0 Å². The average Bonchev–Trinajstić information content (AvgIpc) is 2.86. The Bertz CT molecular complexity index is 1150. The maximum Gasteiger partial charge on any atom is 0.244 e. The van der Waals surface area contributed by atoms with Crippen molar-refractivity contribution in [2.75, 3.05) is 24.2 Å². The third-order valence-corrected chi connectivity index (χ3v) is 8.07. The van der Waals surface area contributed by atoms with Crippen molar-refractivity contribution in [2.45, 2.75) is 57.7 Å². The standard InChI is InChI=1S/C26H34BrN3O5S/c1-19(26(32)28-22-9-5-4-6-10-22)29(17-20-8-7-11-24(16-20)35-2)25(31)18-30(36(3,33)34)23-14-12-21(27)13-15-23/h7-8,11-16,19,22H,4-6,9-10,17-18H2,1-3H3,(H,28,32)/t19-/m0/s1. The van der Waals surface area contributed by atoms with Gasteiger partial charge in [0.1, 0.15) is 18.3 Å². The molecule has 36 heavy (non-hydrogen) atoms. The molecule has 1 atom stereocenters. The molecule has 0 spiro atoms. The molecule has 3 rings (SSSR count). The molecule has 196 valence electrons. The number of hydrogen-bond donors (Lipinski definition) is 1. The summed E-state index contributed by atoms with van der Waals surface area (Å²) in [5, 5.41) is 3.09. The van der Waals surface area contributed by atoms with E-state index in [2.05, 4.69) is 21.2 Å². The van der Waals surface area contributed by atoms with E-state index in [0.717, 1.165) is 46.3 Å². The Balaban J connectivity index is 1.87. The first-order valence-electron chi connectivity index (χ1n) is 12.0. The Hall–Kier alpha value is -2.59. The van der Waals surface area contributed by atoms with Crippen LogP contribution in [0.5, 0.6) is 5.75 Å². The number of halogens is 1. The molecular weight excluding hydrogens is 546 g/mol. The molecule has 1 aliphatic carbocycles. The van der Waals surface area contributed by atoms with Crippen molar-refractivity contribution in [2.24, 2.45) is 0 Å². The minimum atomic E-state index is -3.76. The summed E-state index contributed by atoms with van der Waals surface area (Å²) in [7, 11) is -2.20. The van der Waals surface area contributed by atoms with Crippen LogP contribution in [0.15, 0.2) is 53.0 Å². The van der Waals surface area contributed by atoms with E-state index in [9.17, 15) is 18.0 Å². The second-order valence-corrected chi connectivity index (χ2v) is 12.0. The van der Waals surface area contributed by atoms with E-state index in [1.807, 2.05) is 12.1 Å². The molecule has 2 amide bonds. The monoisotopic (exact) mass is 579 g/mol. The zero-order valence-electron chi connectivity index (χ0n) is 20.9. The summed E-state index contributed by atoms with van der Waals surface area (Å²) in [6.07, 6.45) is 6.22. The third-order valence-electron chi connectivity index (χ3n) is 6.40. The summed E-state index contributed by atoms with van der Waals surface area (Å²) in [5.74, 6) is -0.0861. The van der Waals surface area contributed by atoms with E-state index < -0.39 is 28.5 Å². The first kappa shape index (κ1) is 28.0. The number of nitrogens with zero attached hydrogens (tertiary/aromatic N) is 2. The van der Waals surface area contributed by atoms with Gasteiger partial charge in [0, 0.05) is 17.1 Å². The molecule has 0 aliphatic heterocycles. The number of rotatable bonds is 10. The number of benzene rings is 2. The number of sulfonamides is 1. The Labute approximate surface area is 222 Å². The Morgan fingerprint density at radius 2 is 1.78 bits per heavy atom. The van der Waals surface area contributed by atoms with E-state index >= 15 is 0 Å². The van der Waals surface area contributed by atoms with Gasteiger partial charge >= 0.3 is 0 Å². The Morgan fingerprint density at radius 3 is 2.39 bits per heavy atom. The van der Waals surface area contributed by atoms with Crippen LogP contribution in [0.1, 0.15) is 44.6 Å². The number of hydrogen-bond acceptors (Lipinski definition) is 5. The van der Waals surface area contributed by atoms with Crippen LogP contribution in [-0.4, -0.2) is 57.1 Å². The number of nitrogens with one attached hydrogen (secondary N) is 1. The highest BCUT2D eigenvalue weighted by atomic mass is 79.9. The summed E-state index contributed by atoms with van der Waals surface area (Å²) >= 11 is 3.35. The summed E-state index contributed by atoms with van der Waals surface area (Å²) in [6, 6.07) is 13.2. The number of anilines is 1. The quantitative estimate of drug-likeness (QED) is 0.457. The molecule has 0 radical (unpaired) electrons. The molecule has 1 saturated carbocycles. The first-order chi connectivity index (χ1) is 17.1. The first-order valence-corrected chi connectivity index (χ1v) is 14.7. The van der Waals surface area contributed by atoms with Crippen molar-refractivity contribution >= 4 is 43.5 Å². The normalized spacial score (nSPS) is 15.1. The van der Waals surface area contributed by atoms with Crippen molar-refractivity contribution in [3.05, 3.63) is 58.6 Å². The summed E-state index contributed by atoms with van der Waals surface area (Å²) in [4.78, 5) is 28.3. The molecule has 1 aliphatic rings. The largest absolute Gasteiger partial charge is 0.497 e. The molecule has 0 bridgehead atoms. The highest BCUT2D eigenvalue weighted by Gasteiger charge is 2.31. The molecule has 2 aromatic carbocycles. The lowest BCUT2D eigenvalue weighted by Gasteiger charge is -2.33. The van der Waals surface area contributed by atoms with Crippen molar-refractivity contribution in [3.8, 4) is 5.75 Å². The summed E-state index contributed by atoms with van der Waals surface area (Å²) in [5.41, 5.74) is 1.14. The van der Waals surface area contributed by atoms with Gasteiger partial charge in [-0.05, 0) is 61.7 Å². The maximum absolute atomic E-state index is 13.6. The molecule has 0 heterocycles. The zero-order valence-corrected chi connectivity index (χ0v) is 23.3. The van der Waals surface area contributed by atoms with Gasteiger partial charge in [0.15, 0.2) is 0 Å². The molecule has 0 saturated heterocycles. The fourth-order valence-electron chi connectivity index (χ4n) is 4.34.